The molecule has 2 heterocycles. The summed E-state index contributed by atoms with van der Waals surface area (Å²) in [6.07, 6.45) is 0. The number of nitrogens with one attached hydrogen (secondary N) is 1. The maximum Gasteiger partial charge on any atom is 0.238 e. The highest BCUT2D eigenvalue weighted by Crippen LogP contribution is 2.30. The molecule has 0 aliphatic heterocycles. The molecule has 4 aromatic rings. The predicted octanol–water partition coefficient (Wildman–Crippen LogP) is 3.28. The van der Waals surface area contributed by atoms with Crippen molar-refractivity contribution in [1.29, 1.82) is 0 Å². The minimum absolute atomic E-state index is 0.0166. The second-order valence-electron chi connectivity index (χ2n) is 5.48. The number of thiazole rings is 2. The SMILES string of the molecule is NS(=O)(=O)c1ccc2nc(NC(=O)CSc3nc4ccccc4s3)sc2c1. The lowest BCUT2D eigenvalue weighted by atomic mass is 10.3. The van der Waals surface area contributed by atoms with Crippen molar-refractivity contribution in [2.45, 2.75) is 9.24 Å². The lowest BCUT2D eigenvalue weighted by Gasteiger charge is -1.99. The van der Waals surface area contributed by atoms with Crippen molar-refractivity contribution >= 4 is 75.9 Å². The number of nitrogens with zero attached hydrogens (tertiary/aromatic N) is 2. The molecule has 138 valence electrons. The Morgan fingerprint density at radius 1 is 1.07 bits per heavy atom. The van der Waals surface area contributed by atoms with Gasteiger partial charge < -0.3 is 5.32 Å². The van der Waals surface area contributed by atoms with Crippen LogP contribution >= 0.6 is 34.4 Å². The molecule has 11 heteroatoms. The molecule has 27 heavy (non-hydrogen) atoms. The molecule has 0 atom stereocenters. The summed E-state index contributed by atoms with van der Waals surface area (Å²) >= 11 is 4.10. The summed E-state index contributed by atoms with van der Waals surface area (Å²) in [5, 5.41) is 8.28. The van der Waals surface area contributed by atoms with Gasteiger partial charge in [0.2, 0.25) is 15.9 Å². The third kappa shape index (κ3) is 4.12. The molecule has 2 aromatic carbocycles. The van der Waals surface area contributed by atoms with E-state index in [1.54, 1.807) is 17.4 Å². The van der Waals surface area contributed by atoms with Crippen molar-refractivity contribution in [2.75, 3.05) is 11.1 Å². The molecule has 0 unspecified atom stereocenters. The summed E-state index contributed by atoms with van der Waals surface area (Å²) in [5.74, 6) is 0.00280. The Kier molecular flexibility index (Phi) is 4.86. The van der Waals surface area contributed by atoms with Gasteiger partial charge in [-0.1, -0.05) is 35.2 Å². The first-order valence-corrected chi connectivity index (χ1v) is 11.8. The monoisotopic (exact) mass is 436 g/mol. The van der Waals surface area contributed by atoms with Gasteiger partial charge in [0, 0.05) is 0 Å². The number of para-hydroxylation sites is 1. The topological polar surface area (TPSA) is 115 Å². The molecule has 0 spiro atoms. The molecular formula is C16H12N4O3S4. The van der Waals surface area contributed by atoms with Crippen LogP contribution in [-0.2, 0) is 14.8 Å². The van der Waals surface area contributed by atoms with Crippen molar-refractivity contribution in [3.63, 3.8) is 0 Å². The molecule has 2 aromatic heterocycles. The normalized spacial score (nSPS) is 11.9. The van der Waals surface area contributed by atoms with E-state index in [2.05, 4.69) is 15.3 Å². The van der Waals surface area contributed by atoms with Gasteiger partial charge in [0.05, 0.1) is 31.1 Å². The van der Waals surface area contributed by atoms with Crippen LogP contribution in [0.25, 0.3) is 20.4 Å². The van der Waals surface area contributed by atoms with E-state index in [0.717, 1.165) is 14.6 Å². The second-order valence-corrected chi connectivity index (χ2v) is 10.3. The molecule has 0 radical (unpaired) electrons. The van der Waals surface area contributed by atoms with Crippen LogP contribution < -0.4 is 10.5 Å². The summed E-state index contributed by atoms with van der Waals surface area (Å²) in [5.41, 5.74) is 1.52. The average Bonchev–Trinajstić information content (AvgIpc) is 3.21. The van der Waals surface area contributed by atoms with Crippen LogP contribution in [0.1, 0.15) is 0 Å². The number of carbonyl (C=O) groups is 1. The highest BCUT2D eigenvalue weighted by Gasteiger charge is 2.13. The Hall–Kier alpha value is -2.05. The Morgan fingerprint density at radius 2 is 1.85 bits per heavy atom. The Bertz CT molecular complexity index is 1230. The van der Waals surface area contributed by atoms with Gasteiger partial charge in [0.25, 0.3) is 0 Å². The Morgan fingerprint density at radius 3 is 2.63 bits per heavy atom. The summed E-state index contributed by atoms with van der Waals surface area (Å²) in [4.78, 5) is 21.0. The van der Waals surface area contributed by atoms with Crippen molar-refractivity contribution in [3.05, 3.63) is 42.5 Å². The number of fused-ring (bicyclic) bond motifs is 2. The first kappa shape index (κ1) is 18.3. The third-order valence-corrected chi connectivity index (χ3v) is 7.56. The number of benzene rings is 2. The first-order chi connectivity index (χ1) is 12.9. The minimum Gasteiger partial charge on any atom is -0.301 e. The van der Waals surface area contributed by atoms with Crippen LogP contribution in [0.15, 0.2) is 51.7 Å². The molecule has 0 saturated carbocycles. The quantitative estimate of drug-likeness (QED) is 0.464. The second kappa shape index (κ2) is 7.17. The number of nitrogens with two attached hydrogens (primary N) is 1. The van der Waals surface area contributed by atoms with Crippen LogP contribution in [0.4, 0.5) is 5.13 Å². The van der Waals surface area contributed by atoms with Crippen LogP contribution in [0.3, 0.4) is 0 Å². The zero-order chi connectivity index (χ0) is 19.0. The van der Waals surface area contributed by atoms with Gasteiger partial charge in [-0.2, -0.15) is 0 Å². The van der Waals surface area contributed by atoms with Gasteiger partial charge in [0.15, 0.2) is 9.47 Å². The maximum atomic E-state index is 12.2. The Labute approximate surface area is 166 Å². The highest BCUT2D eigenvalue weighted by molar-refractivity contribution is 8.01. The fourth-order valence-corrected chi connectivity index (χ4v) is 5.74. The van der Waals surface area contributed by atoms with Gasteiger partial charge in [-0.15, -0.1) is 11.3 Å². The molecule has 1 amide bonds. The number of hydrogen-bond acceptors (Lipinski definition) is 8. The third-order valence-electron chi connectivity index (χ3n) is 3.54. The average molecular weight is 437 g/mol. The van der Waals surface area contributed by atoms with E-state index in [-0.39, 0.29) is 16.6 Å². The van der Waals surface area contributed by atoms with E-state index in [0.29, 0.717) is 15.3 Å². The molecule has 7 nitrogen and oxygen atoms in total. The molecule has 0 aliphatic carbocycles. The minimum atomic E-state index is -3.78. The number of carbonyl (C=O) groups excluding carboxylic acids is 1. The summed E-state index contributed by atoms with van der Waals surface area (Å²) in [6, 6.07) is 12.2. The smallest absolute Gasteiger partial charge is 0.238 e. The first-order valence-electron chi connectivity index (χ1n) is 7.60. The fraction of sp³-hybridized carbons (Fsp3) is 0.0625. The zero-order valence-corrected chi connectivity index (χ0v) is 16.8. The largest absolute Gasteiger partial charge is 0.301 e. The summed E-state index contributed by atoms with van der Waals surface area (Å²) < 4.78 is 25.4. The van der Waals surface area contributed by atoms with Crippen LogP contribution in [0.2, 0.25) is 0 Å². The summed E-state index contributed by atoms with van der Waals surface area (Å²) in [7, 11) is -3.78. The van der Waals surface area contributed by atoms with Crippen LogP contribution in [0, 0.1) is 0 Å². The molecule has 0 aliphatic rings. The molecule has 0 bridgehead atoms. The predicted molar refractivity (Wildman–Crippen MR) is 110 cm³/mol. The maximum absolute atomic E-state index is 12.2. The van der Waals surface area contributed by atoms with Gasteiger partial charge in [-0.25, -0.2) is 23.5 Å². The molecule has 0 saturated heterocycles. The van der Waals surface area contributed by atoms with E-state index in [1.807, 2.05) is 24.3 Å². The molecule has 4 rings (SSSR count). The molecule has 0 fully saturated rings. The number of thioether (sulfide) groups is 1. The van der Waals surface area contributed by atoms with E-state index in [1.165, 1.54) is 35.2 Å². The zero-order valence-electron chi connectivity index (χ0n) is 13.6. The molecule has 3 N–H and O–H groups in total. The van der Waals surface area contributed by atoms with E-state index < -0.39 is 10.0 Å². The van der Waals surface area contributed by atoms with Gasteiger partial charge in [0.1, 0.15) is 0 Å². The number of primary sulfonamides is 1. The number of amides is 1. The van der Waals surface area contributed by atoms with Crippen LogP contribution in [-0.4, -0.2) is 30.0 Å². The van der Waals surface area contributed by atoms with Gasteiger partial charge >= 0.3 is 0 Å². The lowest BCUT2D eigenvalue weighted by Crippen LogP contribution is -2.13. The number of hydrogen-bond donors (Lipinski definition) is 2. The number of aromatic nitrogens is 2. The van der Waals surface area contributed by atoms with Crippen molar-refractivity contribution in [1.82, 2.24) is 9.97 Å². The van der Waals surface area contributed by atoms with Gasteiger partial charge in [-0.05, 0) is 30.3 Å². The van der Waals surface area contributed by atoms with Crippen molar-refractivity contribution < 1.29 is 13.2 Å². The van der Waals surface area contributed by atoms with Gasteiger partial charge in [-0.3, -0.25) is 4.79 Å². The van der Waals surface area contributed by atoms with E-state index >= 15 is 0 Å². The highest BCUT2D eigenvalue weighted by atomic mass is 32.2. The molecular weight excluding hydrogens is 424 g/mol. The summed E-state index contributed by atoms with van der Waals surface area (Å²) in [6.45, 7) is 0. The lowest BCUT2D eigenvalue weighted by molar-refractivity contribution is -0.113. The van der Waals surface area contributed by atoms with E-state index in [9.17, 15) is 13.2 Å². The van der Waals surface area contributed by atoms with Crippen molar-refractivity contribution in [2.24, 2.45) is 5.14 Å². The van der Waals surface area contributed by atoms with Crippen molar-refractivity contribution in [3.8, 4) is 0 Å². The standard InChI is InChI=1S/C16H12N4O3S4/c17-27(22,23)9-5-6-11-13(7-9)25-15(18-11)20-14(21)8-24-16-19-10-3-1-2-4-12(10)26-16/h1-7H,8H2,(H2,17,22,23)(H,18,20,21). The fourth-order valence-electron chi connectivity index (χ4n) is 2.33. The number of sulfonamides is 1. The number of anilines is 1. The van der Waals surface area contributed by atoms with Crippen LogP contribution in [0.5, 0.6) is 0 Å². The Balaban J connectivity index is 1.44. The number of rotatable bonds is 5. The van der Waals surface area contributed by atoms with E-state index in [4.69, 9.17) is 5.14 Å².